The molecule has 1 saturated heterocycles. The summed E-state index contributed by atoms with van der Waals surface area (Å²) in [6.07, 6.45) is 2.48. The van der Waals surface area contributed by atoms with Gasteiger partial charge < -0.3 is 36.5 Å². The highest BCUT2D eigenvalue weighted by atomic mass is 16.4. The Bertz CT molecular complexity index is 1160. The van der Waals surface area contributed by atoms with E-state index in [9.17, 15) is 34.2 Å². The van der Waals surface area contributed by atoms with Crippen molar-refractivity contribution in [2.45, 2.75) is 63.7 Å². The number of fused-ring (bicyclic) bond motifs is 1. The molecule has 12 nitrogen and oxygen atoms in total. The molecule has 7 N–H and O–H groups in total. The van der Waals surface area contributed by atoms with Crippen molar-refractivity contribution >= 4 is 40.6 Å². The van der Waals surface area contributed by atoms with Gasteiger partial charge in [0.1, 0.15) is 18.1 Å². The summed E-state index contributed by atoms with van der Waals surface area (Å²) >= 11 is 0. The van der Waals surface area contributed by atoms with Gasteiger partial charge in [0.25, 0.3) is 0 Å². The molecule has 1 aromatic heterocycles. The van der Waals surface area contributed by atoms with Crippen molar-refractivity contribution in [2.24, 2.45) is 5.92 Å². The summed E-state index contributed by atoms with van der Waals surface area (Å²) in [5, 5.41) is 30.1. The highest BCUT2D eigenvalue weighted by Crippen LogP contribution is 2.19. The van der Waals surface area contributed by atoms with Crippen molar-refractivity contribution in [2.75, 3.05) is 6.54 Å². The fourth-order valence-electron chi connectivity index (χ4n) is 4.33. The fraction of sp³-hybridized carbons (Fsp3) is 0.480. The van der Waals surface area contributed by atoms with Crippen molar-refractivity contribution < 1.29 is 34.2 Å². The second kappa shape index (κ2) is 12.3. The van der Waals surface area contributed by atoms with Crippen LogP contribution in [0.4, 0.5) is 0 Å². The van der Waals surface area contributed by atoms with E-state index in [1.54, 1.807) is 20.0 Å². The third-order valence-corrected chi connectivity index (χ3v) is 6.35. The Balaban J connectivity index is 1.82. The van der Waals surface area contributed by atoms with Gasteiger partial charge in [0.05, 0.1) is 12.5 Å². The number of hydrogen-bond acceptors (Lipinski definition) is 6. The van der Waals surface area contributed by atoms with Crippen LogP contribution in [0.2, 0.25) is 0 Å². The first-order valence-corrected chi connectivity index (χ1v) is 12.2. The Labute approximate surface area is 213 Å². The average Bonchev–Trinajstić information content (AvgIpc) is 3.51. The molecule has 0 aliphatic carbocycles. The van der Waals surface area contributed by atoms with Crippen LogP contribution in [-0.4, -0.2) is 75.6 Å². The average molecular weight is 516 g/mol. The Hall–Kier alpha value is -3.93. The number of carboxylic acid groups (broad SMARTS) is 2. The molecule has 0 bridgehead atoms. The van der Waals surface area contributed by atoms with Gasteiger partial charge in [0, 0.05) is 23.5 Å². The van der Waals surface area contributed by atoms with Crippen molar-refractivity contribution in [3.05, 3.63) is 36.0 Å². The number of para-hydroxylation sites is 1. The number of carboxylic acids is 2. The number of hydrogen-bond donors (Lipinski definition) is 7. The first-order chi connectivity index (χ1) is 17.6. The number of H-pyrrole nitrogens is 1. The molecule has 4 unspecified atom stereocenters. The number of rotatable bonds is 12. The molecule has 1 aromatic carbocycles. The van der Waals surface area contributed by atoms with Crippen LogP contribution in [0.3, 0.4) is 0 Å². The highest BCUT2D eigenvalue weighted by Gasteiger charge is 2.33. The quantitative estimate of drug-likeness (QED) is 0.208. The maximum Gasteiger partial charge on any atom is 0.326 e. The fourth-order valence-corrected chi connectivity index (χ4v) is 4.33. The van der Waals surface area contributed by atoms with Gasteiger partial charge in [-0.25, -0.2) is 4.79 Å². The number of carbonyl (C=O) groups is 5. The van der Waals surface area contributed by atoms with Crippen LogP contribution < -0.4 is 21.3 Å². The minimum absolute atomic E-state index is 0.0828. The topological polar surface area (TPSA) is 190 Å². The molecular weight excluding hydrogens is 482 g/mol. The predicted molar refractivity (Wildman–Crippen MR) is 134 cm³/mol. The van der Waals surface area contributed by atoms with Crippen LogP contribution in [0.15, 0.2) is 30.5 Å². The van der Waals surface area contributed by atoms with Crippen molar-refractivity contribution in [3.63, 3.8) is 0 Å². The van der Waals surface area contributed by atoms with E-state index in [4.69, 9.17) is 0 Å². The minimum atomic E-state index is -1.54. The first-order valence-electron chi connectivity index (χ1n) is 12.2. The van der Waals surface area contributed by atoms with Gasteiger partial charge in [0.2, 0.25) is 17.7 Å². The zero-order valence-corrected chi connectivity index (χ0v) is 20.7. The molecule has 1 aliphatic heterocycles. The molecule has 4 atom stereocenters. The number of aromatic nitrogens is 1. The van der Waals surface area contributed by atoms with Crippen LogP contribution in [0.5, 0.6) is 0 Å². The van der Waals surface area contributed by atoms with E-state index in [1.165, 1.54) is 0 Å². The molecule has 3 amide bonds. The van der Waals surface area contributed by atoms with Gasteiger partial charge >= 0.3 is 11.9 Å². The summed E-state index contributed by atoms with van der Waals surface area (Å²) in [5.74, 6) is -5.18. The lowest BCUT2D eigenvalue weighted by atomic mass is 10.0. The van der Waals surface area contributed by atoms with Gasteiger partial charge in [-0.3, -0.25) is 19.2 Å². The number of aromatic amines is 1. The van der Waals surface area contributed by atoms with E-state index < -0.39 is 60.3 Å². The van der Waals surface area contributed by atoms with Crippen LogP contribution in [-0.2, 0) is 30.4 Å². The summed E-state index contributed by atoms with van der Waals surface area (Å²) in [6.45, 7) is 3.86. The van der Waals surface area contributed by atoms with Gasteiger partial charge in [-0.05, 0) is 36.9 Å². The predicted octanol–water partition coefficient (Wildman–Crippen LogP) is 0.132. The maximum atomic E-state index is 13.4. The summed E-state index contributed by atoms with van der Waals surface area (Å²) in [4.78, 5) is 65.1. The summed E-state index contributed by atoms with van der Waals surface area (Å²) < 4.78 is 0. The smallest absolute Gasteiger partial charge is 0.326 e. The third kappa shape index (κ3) is 7.29. The van der Waals surface area contributed by atoms with Crippen LogP contribution in [0.1, 0.15) is 38.7 Å². The summed E-state index contributed by atoms with van der Waals surface area (Å²) in [7, 11) is 0. The maximum absolute atomic E-state index is 13.4. The molecule has 1 aliphatic rings. The lowest BCUT2D eigenvalue weighted by Gasteiger charge is -2.25. The molecule has 2 heterocycles. The van der Waals surface area contributed by atoms with E-state index in [0.29, 0.717) is 13.0 Å². The summed E-state index contributed by atoms with van der Waals surface area (Å²) in [5.41, 5.74) is 1.59. The van der Waals surface area contributed by atoms with E-state index in [0.717, 1.165) is 22.9 Å². The van der Waals surface area contributed by atoms with E-state index in [1.807, 2.05) is 24.3 Å². The normalized spacial score (nSPS) is 17.6. The van der Waals surface area contributed by atoms with E-state index in [2.05, 4.69) is 26.3 Å². The number of aliphatic carboxylic acids is 2. The summed E-state index contributed by atoms with van der Waals surface area (Å²) in [6, 6.07) is 3.06. The van der Waals surface area contributed by atoms with Crippen LogP contribution in [0.25, 0.3) is 10.9 Å². The molecule has 3 rings (SSSR count). The molecule has 0 radical (unpaired) electrons. The Kier molecular flexibility index (Phi) is 9.23. The van der Waals surface area contributed by atoms with E-state index in [-0.39, 0.29) is 12.3 Å². The zero-order chi connectivity index (χ0) is 27.1. The van der Waals surface area contributed by atoms with Crippen LogP contribution in [0, 0.1) is 5.92 Å². The minimum Gasteiger partial charge on any atom is -0.481 e. The van der Waals surface area contributed by atoms with Gasteiger partial charge in [0.15, 0.2) is 0 Å². The molecule has 0 spiro atoms. The molecule has 1 fully saturated rings. The van der Waals surface area contributed by atoms with Gasteiger partial charge in [-0.15, -0.1) is 0 Å². The number of carbonyl (C=O) groups excluding carboxylic acids is 3. The molecular formula is C25H33N5O7. The van der Waals surface area contributed by atoms with Crippen molar-refractivity contribution in [3.8, 4) is 0 Å². The number of amides is 3. The molecule has 0 saturated carbocycles. The largest absolute Gasteiger partial charge is 0.481 e. The second-order valence-electron chi connectivity index (χ2n) is 9.50. The lowest BCUT2D eigenvalue weighted by molar-refractivity contribution is -0.144. The zero-order valence-electron chi connectivity index (χ0n) is 20.7. The standard InChI is InChI=1S/C25H33N5O7/c1-13(2)21(25(36)37)30-24(35)19(11-20(31)32)29-23(34)18(28-22(33)17-8-5-9-26-17)10-14-12-27-16-7-4-3-6-15(14)16/h3-4,6-7,12-13,17-19,21,26-27H,5,8-11H2,1-2H3,(H,28,33)(H,29,34)(H,30,35)(H,31,32)(H,36,37). The van der Waals surface area contributed by atoms with Crippen molar-refractivity contribution in [1.29, 1.82) is 0 Å². The Morgan fingerprint density at radius 1 is 1.00 bits per heavy atom. The SMILES string of the molecule is CC(C)C(NC(=O)C(CC(=O)O)NC(=O)C(Cc1c[nH]c2ccccc12)NC(=O)C1CCCN1)C(=O)O. The molecule has 2 aromatic rings. The monoisotopic (exact) mass is 515 g/mol. The van der Waals surface area contributed by atoms with Crippen LogP contribution >= 0.6 is 0 Å². The van der Waals surface area contributed by atoms with Gasteiger partial charge in [-0.1, -0.05) is 32.0 Å². The molecule has 37 heavy (non-hydrogen) atoms. The lowest BCUT2D eigenvalue weighted by Crippen LogP contribution is -2.58. The first kappa shape index (κ1) is 27.7. The Morgan fingerprint density at radius 3 is 2.32 bits per heavy atom. The van der Waals surface area contributed by atoms with E-state index >= 15 is 0 Å². The Morgan fingerprint density at radius 2 is 1.70 bits per heavy atom. The number of benzene rings is 1. The number of nitrogens with one attached hydrogen (secondary N) is 5. The van der Waals surface area contributed by atoms with Gasteiger partial charge in [-0.2, -0.15) is 0 Å². The third-order valence-electron chi connectivity index (χ3n) is 6.35. The highest BCUT2D eigenvalue weighted by molar-refractivity contribution is 5.96. The molecule has 12 heteroatoms. The second-order valence-corrected chi connectivity index (χ2v) is 9.50. The van der Waals surface area contributed by atoms with Crippen molar-refractivity contribution in [1.82, 2.24) is 26.3 Å². The molecule has 200 valence electrons.